The zero-order chi connectivity index (χ0) is 19.2. The van der Waals surface area contributed by atoms with Crippen LogP contribution in [0.5, 0.6) is 0 Å². The number of imidazole rings is 1. The molecule has 2 N–H and O–H groups in total. The standard InChI is InChI=1S/C23H21N3OS/c27-22(13-14-28-19-9-5-2-6-10-19)26-23(17-7-3-1-4-8-17)18-11-12-20-21(15-18)25-16-24-20/h1-12,15-16,23H,13-14H2,(H,24,25)(H,26,27). The van der Waals surface area contributed by atoms with Crippen molar-refractivity contribution in [1.82, 2.24) is 15.3 Å². The first-order chi connectivity index (χ1) is 13.8. The van der Waals surface area contributed by atoms with E-state index in [4.69, 9.17) is 0 Å². The number of benzene rings is 3. The molecule has 1 amide bonds. The first kappa shape index (κ1) is 18.3. The average Bonchev–Trinajstić information content (AvgIpc) is 3.21. The molecule has 0 saturated carbocycles. The van der Waals surface area contributed by atoms with Gasteiger partial charge in [-0.2, -0.15) is 0 Å². The van der Waals surface area contributed by atoms with E-state index in [1.54, 1.807) is 18.1 Å². The molecule has 0 bridgehead atoms. The summed E-state index contributed by atoms with van der Waals surface area (Å²) >= 11 is 1.70. The largest absolute Gasteiger partial charge is 0.345 e. The summed E-state index contributed by atoms with van der Waals surface area (Å²) in [6.07, 6.45) is 2.15. The number of carbonyl (C=O) groups is 1. The first-order valence-corrected chi connectivity index (χ1v) is 10.2. The monoisotopic (exact) mass is 387 g/mol. The second-order valence-corrected chi connectivity index (χ2v) is 7.67. The van der Waals surface area contributed by atoms with Gasteiger partial charge in [-0.1, -0.05) is 54.6 Å². The third kappa shape index (κ3) is 4.43. The van der Waals surface area contributed by atoms with Gasteiger partial charge in [-0.3, -0.25) is 4.79 Å². The Morgan fingerprint density at radius 2 is 1.71 bits per heavy atom. The van der Waals surface area contributed by atoms with Crippen LogP contribution in [0.4, 0.5) is 0 Å². The van der Waals surface area contributed by atoms with Crippen LogP contribution < -0.4 is 5.32 Å². The van der Waals surface area contributed by atoms with E-state index >= 15 is 0 Å². The van der Waals surface area contributed by atoms with Crippen LogP contribution >= 0.6 is 11.8 Å². The van der Waals surface area contributed by atoms with E-state index < -0.39 is 0 Å². The van der Waals surface area contributed by atoms with Gasteiger partial charge >= 0.3 is 0 Å². The third-order valence-corrected chi connectivity index (χ3v) is 5.57. The SMILES string of the molecule is O=C(CCSc1ccccc1)NC(c1ccccc1)c1ccc2nc[nH]c2c1. The van der Waals surface area contributed by atoms with Gasteiger partial charge in [-0.15, -0.1) is 11.8 Å². The highest BCUT2D eigenvalue weighted by Gasteiger charge is 2.17. The molecule has 0 aliphatic rings. The summed E-state index contributed by atoms with van der Waals surface area (Å²) in [6, 6.07) is 26.1. The average molecular weight is 388 g/mol. The molecular formula is C23H21N3OS. The number of rotatable bonds is 7. The molecule has 0 aliphatic heterocycles. The summed E-state index contributed by atoms with van der Waals surface area (Å²) in [5.41, 5.74) is 3.98. The van der Waals surface area contributed by atoms with Crippen molar-refractivity contribution in [3.05, 3.63) is 96.3 Å². The van der Waals surface area contributed by atoms with E-state index in [-0.39, 0.29) is 11.9 Å². The van der Waals surface area contributed by atoms with Crippen LogP contribution in [0.15, 0.2) is 90.1 Å². The van der Waals surface area contributed by atoms with Gasteiger partial charge in [-0.05, 0) is 35.4 Å². The van der Waals surface area contributed by atoms with E-state index in [1.165, 1.54) is 4.90 Å². The Labute approximate surface area is 168 Å². The van der Waals surface area contributed by atoms with Crippen LogP contribution in [0.1, 0.15) is 23.6 Å². The van der Waals surface area contributed by atoms with Crippen molar-refractivity contribution in [3.8, 4) is 0 Å². The molecule has 0 saturated heterocycles. The number of aromatic amines is 1. The van der Waals surface area contributed by atoms with Crippen molar-refractivity contribution < 1.29 is 4.79 Å². The Bertz CT molecular complexity index is 1050. The summed E-state index contributed by atoms with van der Waals surface area (Å²) < 4.78 is 0. The number of carbonyl (C=O) groups excluding carboxylic acids is 1. The molecule has 1 heterocycles. The number of nitrogens with one attached hydrogen (secondary N) is 2. The van der Waals surface area contributed by atoms with Crippen molar-refractivity contribution in [1.29, 1.82) is 0 Å². The molecular weight excluding hydrogens is 366 g/mol. The molecule has 0 fully saturated rings. The van der Waals surface area contributed by atoms with Crippen molar-refractivity contribution in [2.75, 3.05) is 5.75 Å². The zero-order valence-corrected chi connectivity index (χ0v) is 16.2. The maximum absolute atomic E-state index is 12.7. The molecule has 140 valence electrons. The quantitative estimate of drug-likeness (QED) is 0.441. The van der Waals surface area contributed by atoms with Crippen LogP contribution in [0.25, 0.3) is 11.0 Å². The molecule has 1 unspecified atom stereocenters. The Hall–Kier alpha value is -3.05. The normalized spacial score (nSPS) is 12.0. The Balaban J connectivity index is 1.48. The molecule has 0 spiro atoms. The fourth-order valence-corrected chi connectivity index (χ4v) is 4.02. The van der Waals surface area contributed by atoms with Crippen LogP contribution in [0.2, 0.25) is 0 Å². The van der Waals surface area contributed by atoms with Gasteiger partial charge in [0.2, 0.25) is 5.91 Å². The van der Waals surface area contributed by atoms with E-state index in [0.29, 0.717) is 6.42 Å². The number of hydrogen-bond acceptors (Lipinski definition) is 3. The summed E-state index contributed by atoms with van der Waals surface area (Å²) in [6.45, 7) is 0. The number of nitrogens with zero attached hydrogens (tertiary/aromatic N) is 1. The zero-order valence-electron chi connectivity index (χ0n) is 15.3. The minimum Gasteiger partial charge on any atom is -0.345 e. The lowest BCUT2D eigenvalue weighted by molar-refractivity contribution is -0.121. The van der Waals surface area contributed by atoms with Gasteiger partial charge in [0.25, 0.3) is 0 Å². The van der Waals surface area contributed by atoms with Crippen molar-refractivity contribution >= 4 is 28.7 Å². The first-order valence-electron chi connectivity index (χ1n) is 9.25. The van der Waals surface area contributed by atoms with Crippen molar-refractivity contribution in [2.24, 2.45) is 0 Å². The Morgan fingerprint density at radius 3 is 2.50 bits per heavy atom. The van der Waals surface area contributed by atoms with Crippen LogP contribution in [0, 0.1) is 0 Å². The molecule has 5 heteroatoms. The molecule has 0 radical (unpaired) electrons. The van der Waals surface area contributed by atoms with Gasteiger partial charge in [0.1, 0.15) is 0 Å². The minimum absolute atomic E-state index is 0.0435. The number of amides is 1. The number of aromatic nitrogens is 2. The van der Waals surface area contributed by atoms with Crippen LogP contribution in [0.3, 0.4) is 0 Å². The van der Waals surface area contributed by atoms with E-state index in [9.17, 15) is 4.79 Å². The predicted molar refractivity (Wildman–Crippen MR) is 114 cm³/mol. The number of H-pyrrole nitrogens is 1. The summed E-state index contributed by atoms with van der Waals surface area (Å²) in [5, 5.41) is 3.21. The second kappa shape index (κ2) is 8.76. The van der Waals surface area contributed by atoms with Crippen molar-refractivity contribution in [3.63, 3.8) is 0 Å². The van der Waals surface area contributed by atoms with Crippen LogP contribution in [-0.2, 0) is 4.79 Å². The molecule has 28 heavy (non-hydrogen) atoms. The fourth-order valence-electron chi connectivity index (χ4n) is 3.15. The highest BCUT2D eigenvalue weighted by molar-refractivity contribution is 7.99. The predicted octanol–water partition coefficient (Wildman–Crippen LogP) is 4.95. The lowest BCUT2D eigenvalue weighted by atomic mass is 9.98. The summed E-state index contributed by atoms with van der Waals surface area (Å²) in [5.74, 6) is 0.790. The lowest BCUT2D eigenvalue weighted by Gasteiger charge is -2.20. The van der Waals surface area contributed by atoms with Gasteiger partial charge in [0.15, 0.2) is 0 Å². The van der Waals surface area contributed by atoms with E-state index in [0.717, 1.165) is 27.9 Å². The molecule has 4 aromatic rings. The highest BCUT2D eigenvalue weighted by atomic mass is 32.2. The highest BCUT2D eigenvalue weighted by Crippen LogP contribution is 2.25. The number of fused-ring (bicyclic) bond motifs is 1. The molecule has 1 aromatic heterocycles. The van der Waals surface area contributed by atoms with E-state index in [2.05, 4.69) is 33.5 Å². The summed E-state index contributed by atoms with van der Waals surface area (Å²) in [4.78, 5) is 21.3. The van der Waals surface area contributed by atoms with Gasteiger partial charge < -0.3 is 10.3 Å². The molecule has 1 atom stereocenters. The smallest absolute Gasteiger partial charge is 0.221 e. The maximum atomic E-state index is 12.7. The maximum Gasteiger partial charge on any atom is 0.221 e. The minimum atomic E-state index is -0.192. The van der Waals surface area contributed by atoms with E-state index in [1.807, 2.05) is 60.7 Å². The Kier molecular flexibility index (Phi) is 5.73. The van der Waals surface area contributed by atoms with Crippen LogP contribution in [-0.4, -0.2) is 21.6 Å². The second-order valence-electron chi connectivity index (χ2n) is 6.50. The van der Waals surface area contributed by atoms with Gasteiger partial charge in [0, 0.05) is 17.1 Å². The number of hydrogen-bond donors (Lipinski definition) is 2. The van der Waals surface area contributed by atoms with Crippen molar-refractivity contribution in [2.45, 2.75) is 17.4 Å². The molecule has 4 rings (SSSR count). The third-order valence-electron chi connectivity index (χ3n) is 4.56. The Morgan fingerprint density at radius 1 is 0.964 bits per heavy atom. The van der Waals surface area contributed by atoms with Gasteiger partial charge in [-0.25, -0.2) is 4.98 Å². The molecule has 0 aliphatic carbocycles. The lowest BCUT2D eigenvalue weighted by Crippen LogP contribution is -2.29. The fraction of sp³-hybridized carbons (Fsp3) is 0.130. The molecule has 4 nitrogen and oxygen atoms in total. The van der Waals surface area contributed by atoms with Gasteiger partial charge in [0.05, 0.1) is 23.4 Å². The molecule has 3 aromatic carbocycles. The summed E-state index contributed by atoms with van der Waals surface area (Å²) in [7, 11) is 0. The number of thioether (sulfide) groups is 1. The topological polar surface area (TPSA) is 57.8 Å².